The van der Waals surface area contributed by atoms with Gasteiger partial charge in [0.25, 0.3) is 5.91 Å². The van der Waals surface area contributed by atoms with Crippen LogP contribution < -0.4 is 5.32 Å². The van der Waals surface area contributed by atoms with Crippen LogP contribution in [0.3, 0.4) is 0 Å². The Balaban J connectivity index is 1.48. The number of rotatable bonds is 5. The topological polar surface area (TPSA) is 34.0 Å². The maximum absolute atomic E-state index is 13.2. The summed E-state index contributed by atoms with van der Waals surface area (Å²) in [5, 5.41) is 4.09. The molecule has 1 heterocycles. The lowest BCUT2D eigenvalue weighted by Crippen LogP contribution is -2.38. The molecule has 2 aliphatic carbocycles. The Morgan fingerprint density at radius 2 is 1.83 bits per heavy atom. The number of nitrogens with zero attached hydrogens (tertiary/aromatic N) is 1. The fourth-order valence-corrected chi connectivity index (χ4v) is 5.49. The Morgan fingerprint density at radius 3 is 2.50 bits per heavy atom. The number of benzene rings is 2. The number of fused-ring (bicyclic) bond motifs is 2. The lowest BCUT2D eigenvalue weighted by molar-refractivity contribution is 0.0922. The Hall–Kier alpha value is -2.52. The quantitative estimate of drug-likeness (QED) is 0.535. The fourth-order valence-electron chi connectivity index (χ4n) is 5.37. The fraction of sp³-hybridized carbons (Fsp3) is 0.346. The Kier molecular flexibility index (Phi) is 5.16. The minimum absolute atomic E-state index is 0.0667. The molecule has 3 unspecified atom stereocenters. The largest absolute Gasteiger partial charge is 0.349 e. The molecule has 5 rings (SSSR count). The van der Waals surface area contributed by atoms with Crippen molar-refractivity contribution in [1.29, 1.82) is 0 Å². The number of carbonyl (C=O) groups excluding carboxylic acids is 1. The zero-order chi connectivity index (χ0) is 20.7. The standard InChI is InChI=1S/C26H27ClN2O/c1-17-23(26(30)28-24-14-19-7-10-21(24)13-19)15-25(20-5-3-2-4-6-20)29(17)16-18-8-11-22(27)12-9-18/h2-6,8-9,11-12,15,19,21,24H,7,10,13-14,16H2,1H3,(H,28,30). The van der Waals surface area contributed by atoms with Gasteiger partial charge in [-0.05, 0) is 67.3 Å². The van der Waals surface area contributed by atoms with Gasteiger partial charge in [-0.2, -0.15) is 0 Å². The smallest absolute Gasteiger partial charge is 0.253 e. The average Bonchev–Trinajstić information content (AvgIpc) is 3.46. The first-order chi connectivity index (χ1) is 14.6. The van der Waals surface area contributed by atoms with Crippen LogP contribution in [0.1, 0.15) is 47.3 Å². The molecule has 2 saturated carbocycles. The van der Waals surface area contributed by atoms with E-state index in [-0.39, 0.29) is 5.91 Å². The molecule has 30 heavy (non-hydrogen) atoms. The number of amides is 1. The Labute approximate surface area is 183 Å². The summed E-state index contributed by atoms with van der Waals surface area (Å²) in [4.78, 5) is 13.2. The molecular weight excluding hydrogens is 392 g/mol. The van der Waals surface area contributed by atoms with Crippen LogP contribution in [0.4, 0.5) is 0 Å². The number of nitrogens with one attached hydrogen (secondary N) is 1. The van der Waals surface area contributed by atoms with Crippen LogP contribution in [0, 0.1) is 18.8 Å². The van der Waals surface area contributed by atoms with Gasteiger partial charge in [-0.1, -0.05) is 60.5 Å². The second-order valence-electron chi connectivity index (χ2n) is 8.86. The van der Waals surface area contributed by atoms with Crippen LogP contribution in [-0.2, 0) is 6.54 Å². The van der Waals surface area contributed by atoms with Crippen molar-refractivity contribution in [3.05, 3.63) is 82.5 Å². The van der Waals surface area contributed by atoms with Gasteiger partial charge in [0.1, 0.15) is 0 Å². The minimum atomic E-state index is 0.0667. The first-order valence-corrected chi connectivity index (χ1v) is 11.3. The number of hydrogen-bond donors (Lipinski definition) is 1. The van der Waals surface area contributed by atoms with Crippen molar-refractivity contribution >= 4 is 17.5 Å². The van der Waals surface area contributed by atoms with E-state index in [0.29, 0.717) is 18.5 Å². The van der Waals surface area contributed by atoms with Gasteiger partial charge in [-0.3, -0.25) is 4.79 Å². The summed E-state index contributed by atoms with van der Waals surface area (Å²) in [6, 6.07) is 20.6. The molecule has 154 valence electrons. The minimum Gasteiger partial charge on any atom is -0.349 e. The van der Waals surface area contributed by atoms with Crippen molar-refractivity contribution in [3.63, 3.8) is 0 Å². The summed E-state index contributed by atoms with van der Waals surface area (Å²) in [6.45, 7) is 2.76. The van der Waals surface area contributed by atoms with Gasteiger partial charge in [0.05, 0.1) is 5.56 Å². The summed E-state index contributed by atoms with van der Waals surface area (Å²) in [5.74, 6) is 1.55. The molecule has 1 amide bonds. The number of hydrogen-bond acceptors (Lipinski definition) is 1. The van der Waals surface area contributed by atoms with E-state index in [4.69, 9.17) is 11.6 Å². The van der Waals surface area contributed by atoms with Gasteiger partial charge in [-0.25, -0.2) is 0 Å². The van der Waals surface area contributed by atoms with Crippen molar-refractivity contribution in [1.82, 2.24) is 9.88 Å². The molecule has 2 bridgehead atoms. The van der Waals surface area contributed by atoms with E-state index in [1.54, 1.807) is 0 Å². The highest BCUT2D eigenvalue weighted by Crippen LogP contribution is 2.44. The third kappa shape index (κ3) is 3.67. The van der Waals surface area contributed by atoms with Crippen molar-refractivity contribution in [2.24, 2.45) is 11.8 Å². The van der Waals surface area contributed by atoms with Crippen LogP contribution in [0.2, 0.25) is 5.02 Å². The maximum Gasteiger partial charge on any atom is 0.253 e. The molecule has 2 aliphatic rings. The second-order valence-corrected chi connectivity index (χ2v) is 9.30. The summed E-state index contributed by atoms with van der Waals surface area (Å²) >= 11 is 6.07. The van der Waals surface area contributed by atoms with Crippen molar-refractivity contribution in [2.45, 2.75) is 45.2 Å². The van der Waals surface area contributed by atoms with E-state index in [1.807, 2.05) is 42.5 Å². The van der Waals surface area contributed by atoms with E-state index < -0.39 is 0 Å². The van der Waals surface area contributed by atoms with E-state index in [2.05, 4.69) is 35.0 Å². The number of halogens is 1. The molecule has 1 aromatic heterocycles. The van der Waals surface area contributed by atoms with Crippen LogP contribution in [0.15, 0.2) is 60.7 Å². The molecule has 0 aliphatic heterocycles. The summed E-state index contributed by atoms with van der Waals surface area (Å²) in [7, 11) is 0. The van der Waals surface area contributed by atoms with Crippen molar-refractivity contribution in [2.75, 3.05) is 0 Å². The van der Waals surface area contributed by atoms with E-state index in [9.17, 15) is 4.79 Å². The zero-order valence-electron chi connectivity index (χ0n) is 17.3. The number of carbonyl (C=O) groups is 1. The first-order valence-electron chi connectivity index (χ1n) is 10.9. The normalized spacial score (nSPS) is 22.4. The average molecular weight is 419 g/mol. The predicted octanol–water partition coefficient (Wildman–Crippen LogP) is 6.08. The lowest BCUT2D eigenvalue weighted by Gasteiger charge is -2.22. The van der Waals surface area contributed by atoms with Gasteiger partial charge in [0.15, 0.2) is 0 Å². The van der Waals surface area contributed by atoms with Crippen LogP contribution in [0.25, 0.3) is 11.3 Å². The molecule has 3 aromatic rings. The maximum atomic E-state index is 13.2. The third-order valence-corrected chi connectivity index (χ3v) is 7.24. The number of aromatic nitrogens is 1. The molecule has 0 radical (unpaired) electrons. The summed E-state index contributed by atoms with van der Waals surface area (Å²) in [5.41, 5.74) is 5.14. The van der Waals surface area contributed by atoms with Gasteiger partial charge in [0.2, 0.25) is 0 Å². The van der Waals surface area contributed by atoms with Gasteiger partial charge in [0, 0.05) is 29.0 Å². The van der Waals surface area contributed by atoms with E-state index in [1.165, 1.54) is 19.3 Å². The highest BCUT2D eigenvalue weighted by atomic mass is 35.5. The molecule has 2 fully saturated rings. The molecule has 4 heteroatoms. The zero-order valence-corrected chi connectivity index (χ0v) is 18.0. The molecule has 1 N–H and O–H groups in total. The molecule has 2 aromatic carbocycles. The summed E-state index contributed by atoms with van der Waals surface area (Å²) in [6.07, 6.45) is 5.04. The highest BCUT2D eigenvalue weighted by Gasteiger charge is 2.40. The van der Waals surface area contributed by atoms with Gasteiger partial charge in [-0.15, -0.1) is 0 Å². The van der Waals surface area contributed by atoms with Crippen LogP contribution in [-0.4, -0.2) is 16.5 Å². The molecule has 3 atom stereocenters. The Morgan fingerprint density at radius 1 is 1.07 bits per heavy atom. The highest BCUT2D eigenvalue weighted by molar-refractivity contribution is 6.30. The SMILES string of the molecule is Cc1c(C(=O)NC2CC3CCC2C3)cc(-c2ccccc2)n1Cc1ccc(Cl)cc1. The second kappa shape index (κ2) is 7.96. The van der Waals surface area contributed by atoms with Gasteiger partial charge >= 0.3 is 0 Å². The van der Waals surface area contributed by atoms with Crippen molar-refractivity contribution < 1.29 is 4.79 Å². The van der Waals surface area contributed by atoms with Gasteiger partial charge < -0.3 is 9.88 Å². The molecular formula is C26H27ClN2O. The van der Waals surface area contributed by atoms with E-state index in [0.717, 1.165) is 45.4 Å². The third-order valence-electron chi connectivity index (χ3n) is 6.99. The van der Waals surface area contributed by atoms with E-state index >= 15 is 0 Å². The molecule has 3 nitrogen and oxygen atoms in total. The molecule has 0 spiro atoms. The monoisotopic (exact) mass is 418 g/mol. The van der Waals surface area contributed by atoms with Crippen molar-refractivity contribution in [3.8, 4) is 11.3 Å². The van der Waals surface area contributed by atoms with Crippen LogP contribution >= 0.6 is 11.6 Å². The molecule has 0 saturated heterocycles. The Bertz CT molecular complexity index is 1050. The van der Waals surface area contributed by atoms with Crippen LogP contribution in [0.5, 0.6) is 0 Å². The first kappa shape index (κ1) is 19.4. The predicted molar refractivity (Wildman–Crippen MR) is 122 cm³/mol. The summed E-state index contributed by atoms with van der Waals surface area (Å²) < 4.78 is 2.24. The lowest BCUT2D eigenvalue weighted by atomic mass is 9.95.